The molecule has 0 heterocycles. The first-order valence-corrected chi connectivity index (χ1v) is 3.73. The highest BCUT2D eigenvalue weighted by atomic mass is 16.5. The number of hydrogen-bond donors (Lipinski definition) is 2. The number of rotatable bonds is 6. The number of aliphatic hydroxyl groups is 1. The summed E-state index contributed by atoms with van der Waals surface area (Å²) in [5, 5.41) is 8.80. The Balaban J connectivity index is 2.77. The van der Waals surface area contributed by atoms with Gasteiger partial charge in [-0.25, -0.2) is 0 Å². The molecule has 0 aromatic rings. The summed E-state index contributed by atoms with van der Waals surface area (Å²) in [6.45, 7) is 3.78. The van der Waals surface area contributed by atoms with Crippen LogP contribution in [0.25, 0.3) is 0 Å². The van der Waals surface area contributed by atoms with E-state index in [1.807, 2.05) is 0 Å². The molecule has 3 N–H and O–H groups in total. The Morgan fingerprint density at radius 2 is 2.20 bits per heavy atom. The van der Waals surface area contributed by atoms with Crippen molar-refractivity contribution in [3.63, 3.8) is 0 Å². The van der Waals surface area contributed by atoms with Crippen LogP contribution in [0.4, 0.5) is 0 Å². The molecule has 1 unspecified atom stereocenters. The fraction of sp³-hybridized carbons (Fsp3) is 1.00. The Morgan fingerprint density at radius 3 is 2.70 bits per heavy atom. The first-order chi connectivity index (χ1) is 4.77. The van der Waals surface area contributed by atoms with Gasteiger partial charge in [-0.1, -0.05) is 0 Å². The van der Waals surface area contributed by atoms with Gasteiger partial charge in [0.05, 0.1) is 6.10 Å². The Kier molecular flexibility index (Phi) is 6.91. The van der Waals surface area contributed by atoms with Crippen LogP contribution < -0.4 is 5.73 Å². The molecular formula is C7H17NO2. The summed E-state index contributed by atoms with van der Waals surface area (Å²) in [5.74, 6) is 0. The molecule has 0 spiro atoms. The molecule has 0 aromatic heterocycles. The maximum absolute atomic E-state index is 8.80. The van der Waals surface area contributed by atoms with Gasteiger partial charge >= 0.3 is 0 Å². The standard InChI is InChI=1S/C7H17NO2/c1-7(9)3-6-10-5-2-4-8/h7,9H,2-6,8H2,1H3. The third-order valence-electron chi connectivity index (χ3n) is 1.17. The van der Waals surface area contributed by atoms with E-state index in [1.54, 1.807) is 6.92 Å². The van der Waals surface area contributed by atoms with E-state index in [2.05, 4.69) is 0 Å². The molecule has 0 aliphatic carbocycles. The molecule has 0 aromatic carbocycles. The molecule has 10 heavy (non-hydrogen) atoms. The van der Waals surface area contributed by atoms with Crippen molar-refractivity contribution in [1.82, 2.24) is 0 Å². The number of ether oxygens (including phenoxy) is 1. The van der Waals surface area contributed by atoms with Gasteiger partial charge in [-0.05, 0) is 26.3 Å². The van der Waals surface area contributed by atoms with Crippen LogP contribution in [0.15, 0.2) is 0 Å². The van der Waals surface area contributed by atoms with Gasteiger partial charge in [-0.2, -0.15) is 0 Å². The van der Waals surface area contributed by atoms with E-state index >= 15 is 0 Å². The van der Waals surface area contributed by atoms with Crippen LogP contribution in [-0.2, 0) is 4.74 Å². The molecule has 0 aliphatic heterocycles. The van der Waals surface area contributed by atoms with Crippen LogP contribution in [0.5, 0.6) is 0 Å². The van der Waals surface area contributed by atoms with Gasteiger partial charge in [-0.15, -0.1) is 0 Å². The second-order valence-electron chi connectivity index (χ2n) is 2.39. The molecule has 0 amide bonds. The fourth-order valence-corrected chi connectivity index (χ4v) is 0.541. The summed E-state index contributed by atoms with van der Waals surface area (Å²) in [6.07, 6.45) is 1.36. The quantitative estimate of drug-likeness (QED) is 0.525. The van der Waals surface area contributed by atoms with Crippen LogP contribution in [0.1, 0.15) is 19.8 Å². The lowest BCUT2D eigenvalue weighted by Gasteiger charge is -2.04. The Bertz CT molecular complexity index is 66.6. The lowest BCUT2D eigenvalue weighted by atomic mass is 10.3. The highest BCUT2D eigenvalue weighted by Crippen LogP contribution is 1.90. The highest BCUT2D eigenvalue weighted by Gasteiger charge is 1.93. The molecule has 3 nitrogen and oxygen atoms in total. The van der Waals surface area contributed by atoms with Gasteiger partial charge in [0.15, 0.2) is 0 Å². The van der Waals surface area contributed by atoms with Crippen LogP contribution >= 0.6 is 0 Å². The summed E-state index contributed by atoms with van der Waals surface area (Å²) in [7, 11) is 0. The van der Waals surface area contributed by atoms with Gasteiger partial charge in [0.25, 0.3) is 0 Å². The van der Waals surface area contributed by atoms with E-state index in [-0.39, 0.29) is 6.10 Å². The van der Waals surface area contributed by atoms with Gasteiger partial charge in [0, 0.05) is 13.2 Å². The van der Waals surface area contributed by atoms with Crippen LogP contribution in [0.3, 0.4) is 0 Å². The van der Waals surface area contributed by atoms with Crippen molar-refractivity contribution in [1.29, 1.82) is 0 Å². The Morgan fingerprint density at radius 1 is 1.50 bits per heavy atom. The second-order valence-corrected chi connectivity index (χ2v) is 2.39. The minimum atomic E-state index is -0.252. The lowest BCUT2D eigenvalue weighted by molar-refractivity contribution is 0.0888. The summed E-state index contributed by atoms with van der Waals surface area (Å²) in [6, 6.07) is 0. The SMILES string of the molecule is CC(O)CCOCCCN. The molecule has 0 radical (unpaired) electrons. The maximum atomic E-state index is 8.80. The number of nitrogens with two attached hydrogens (primary N) is 1. The molecule has 0 saturated carbocycles. The molecule has 0 aliphatic rings. The largest absolute Gasteiger partial charge is 0.393 e. The average molecular weight is 147 g/mol. The Hall–Kier alpha value is -0.120. The van der Waals surface area contributed by atoms with Gasteiger partial charge in [-0.3, -0.25) is 0 Å². The normalized spacial score (nSPS) is 13.5. The molecule has 0 fully saturated rings. The monoisotopic (exact) mass is 147 g/mol. The van der Waals surface area contributed by atoms with Crippen LogP contribution in [0, 0.1) is 0 Å². The first kappa shape index (κ1) is 9.88. The minimum absolute atomic E-state index is 0.252. The summed E-state index contributed by atoms with van der Waals surface area (Å²) < 4.78 is 5.14. The second kappa shape index (κ2) is 6.99. The predicted molar refractivity (Wildman–Crippen MR) is 40.8 cm³/mol. The van der Waals surface area contributed by atoms with Crippen LogP contribution in [-0.4, -0.2) is 31.0 Å². The van der Waals surface area contributed by atoms with Crippen molar-refractivity contribution in [2.45, 2.75) is 25.9 Å². The summed E-state index contributed by atoms with van der Waals surface area (Å²) >= 11 is 0. The zero-order chi connectivity index (χ0) is 7.82. The summed E-state index contributed by atoms with van der Waals surface area (Å²) in [4.78, 5) is 0. The third kappa shape index (κ3) is 7.88. The van der Waals surface area contributed by atoms with Crippen LogP contribution in [0.2, 0.25) is 0 Å². The van der Waals surface area contributed by atoms with E-state index in [9.17, 15) is 0 Å². The van der Waals surface area contributed by atoms with E-state index in [0.29, 0.717) is 26.2 Å². The fourth-order valence-electron chi connectivity index (χ4n) is 0.541. The van der Waals surface area contributed by atoms with Crippen molar-refractivity contribution in [3.05, 3.63) is 0 Å². The third-order valence-corrected chi connectivity index (χ3v) is 1.17. The van der Waals surface area contributed by atoms with E-state index in [4.69, 9.17) is 15.6 Å². The molecule has 1 atom stereocenters. The average Bonchev–Trinajstić information content (AvgIpc) is 1.87. The van der Waals surface area contributed by atoms with E-state index < -0.39 is 0 Å². The minimum Gasteiger partial charge on any atom is -0.393 e. The Labute approximate surface area is 62.2 Å². The molecule has 62 valence electrons. The molecule has 0 rings (SSSR count). The van der Waals surface area contributed by atoms with Crippen molar-refractivity contribution >= 4 is 0 Å². The van der Waals surface area contributed by atoms with E-state index in [0.717, 1.165) is 6.42 Å². The van der Waals surface area contributed by atoms with Gasteiger partial charge in [0.1, 0.15) is 0 Å². The first-order valence-electron chi connectivity index (χ1n) is 3.73. The molecule has 3 heteroatoms. The van der Waals surface area contributed by atoms with Crippen molar-refractivity contribution in [3.8, 4) is 0 Å². The molecule has 0 bridgehead atoms. The smallest absolute Gasteiger partial charge is 0.0534 e. The zero-order valence-electron chi connectivity index (χ0n) is 6.55. The van der Waals surface area contributed by atoms with Crippen molar-refractivity contribution in [2.75, 3.05) is 19.8 Å². The van der Waals surface area contributed by atoms with Gasteiger partial charge < -0.3 is 15.6 Å². The molecular weight excluding hydrogens is 130 g/mol. The predicted octanol–water partition coefficient (Wildman–Crippen LogP) is 0.123. The van der Waals surface area contributed by atoms with Gasteiger partial charge in [0.2, 0.25) is 0 Å². The topological polar surface area (TPSA) is 55.5 Å². The number of hydrogen-bond acceptors (Lipinski definition) is 3. The summed E-state index contributed by atoms with van der Waals surface area (Å²) in [5.41, 5.74) is 5.24. The van der Waals surface area contributed by atoms with Crippen molar-refractivity contribution < 1.29 is 9.84 Å². The highest BCUT2D eigenvalue weighted by molar-refractivity contribution is 4.44. The molecule has 0 saturated heterocycles. The van der Waals surface area contributed by atoms with Crippen molar-refractivity contribution in [2.24, 2.45) is 5.73 Å². The lowest BCUT2D eigenvalue weighted by Crippen LogP contribution is -2.08. The maximum Gasteiger partial charge on any atom is 0.0534 e. The zero-order valence-corrected chi connectivity index (χ0v) is 6.55. The number of aliphatic hydroxyl groups excluding tert-OH is 1. The van der Waals surface area contributed by atoms with E-state index in [1.165, 1.54) is 0 Å².